The smallest absolute Gasteiger partial charge is 0.265 e. The predicted octanol–water partition coefficient (Wildman–Crippen LogP) is 5.37. The molecule has 0 saturated heterocycles. The van der Waals surface area contributed by atoms with E-state index in [0.29, 0.717) is 66.3 Å². The van der Waals surface area contributed by atoms with Gasteiger partial charge in [-0.15, -0.1) is 0 Å². The minimum absolute atomic E-state index is 0.0306. The van der Waals surface area contributed by atoms with Gasteiger partial charge in [0.05, 0.1) is 32.1 Å². The number of benzene rings is 3. The molecule has 0 bridgehead atoms. The number of amides is 2. The third-order valence-electron chi connectivity index (χ3n) is 5.79. The van der Waals surface area contributed by atoms with Crippen molar-refractivity contribution >= 4 is 23.2 Å². The largest absolute Gasteiger partial charge is 0.490 e. The van der Waals surface area contributed by atoms with E-state index in [-0.39, 0.29) is 18.4 Å². The number of carbonyl (C=O) groups is 2. The van der Waals surface area contributed by atoms with Crippen molar-refractivity contribution in [3.8, 4) is 23.0 Å². The van der Waals surface area contributed by atoms with Crippen molar-refractivity contribution in [1.29, 1.82) is 0 Å². The Kier molecular flexibility index (Phi) is 8.18. The Bertz CT molecular complexity index is 1240. The van der Waals surface area contributed by atoms with Gasteiger partial charge in [0.1, 0.15) is 5.75 Å². The van der Waals surface area contributed by atoms with E-state index in [2.05, 4.69) is 5.32 Å². The maximum Gasteiger partial charge on any atom is 0.265 e. The van der Waals surface area contributed by atoms with Crippen LogP contribution in [-0.4, -0.2) is 38.2 Å². The number of rotatable bonds is 10. The van der Waals surface area contributed by atoms with Crippen LogP contribution in [0.2, 0.25) is 0 Å². The van der Waals surface area contributed by atoms with Gasteiger partial charge in [-0.3, -0.25) is 9.59 Å². The van der Waals surface area contributed by atoms with Crippen molar-refractivity contribution in [3.63, 3.8) is 0 Å². The summed E-state index contributed by atoms with van der Waals surface area (Å²) in [5.74, 6) is 1.44. The normalized spacial score (nSPS) is 12.4. The lowest BCUT2D eigenvalue weighted by atomic mass is 10.1. The third-order valence-corrected chi connectivity index (χ3v) is 5.79. The van der Waals surface area contributed by atoms with Gasteiger partial charge in [0.2, 0.25) is 5.75 Å². The monoisotopic (exact) mass is 504 g/mol. The van der Waals surface area contributed by atoms with Crippen LogP contribution in [0.5, 0.6) is 23.0 Å². The minimum Gasteiger partial charge on any atom is -0.490 e. The molecule has 194 valence electrons. The number of fused-ring (bicyclic) bond motifs is 1. The molecule has 1 aliphatic rings. The third kappa shape index (κ3) is 5.97. The number of anilines is 2. The summed E-state index contributed by atoms with van der Waals surface area (Å²) < 4.78 is 22.8. The van der Waals surface area contributed by atoms with Crippen LogP contribution in [0.15, 0.2) is 54.6 Å². The number of carbonyl (C=O) groups excluding carboxylic acids is 2. The molecule has 0 unspecified atom stereocenters. The van der Waals surface area contributed by atoms with Gasteiger partial charge in [0.25, 0.3) is 11.8 Å². The summed E-state index contributed by atoms with van der Waals surface area (Å²) in [6.45, 7) is 9.24. The molecule has 0 aromatic heterocycles. The topological polar surface area (TPSA) is 86.3 Å². The number of aryl methyl sites for hydroxylation is 1. The fourth-order valence-electron chi connectivity index (χ4n) is 4.05. The maximum atomic E-state index is 13.3. The summed E-state index contributed by atoms with van der Waals surface area (Å²) in [6, 6.07) is 16.6. The molecular weight excluding hydrogens is 472 g/mol. The summed E-state index contributed by atoms with van der Waals surface area (Å²) in [5.41, 5.74) is 3.64. The van der Waals surface area contributed by atoms with Crippen molar-refractivity contribution in [2.75, 3.05) is 36.6 Å². The molecule has 3 aromatic rings. The van der Waals surface area contributed by atoms with Crippen LogP contribution in [0.25, 0.3) is 0 Å². The van der Waals surface area contributed by atoms with Crippen LogP contribution in [-0.2, 0) is 11.3 Å². The quantitative estimate of drug-likeness (QED) is 0.400. The molecule has 1 aliphatic heterocycles. The maximum absolute atomic E-state index is 13.3. The standard InChI is InChI=1S/C29H32N2O6/c1-5-34-25-14-21(15-26(35-6-2)28(25)36-7-3)29(33)30-22-12-13-24-23(16-22)31(27(32)18-37-24)17-20-10-8-19(4)9-11-20/h8-16H,5-7,17-18H2,1-4H3,(H,30,33). The van der Waals surface area contributed by atoms with Crippen LogP contribution in [0, 0.1) is 6.92 Å². The van der Waals surface area contributed by atoms with E-state index >= 15 is 0 Å². The van der Waals surface area contributed by atoms with Crippen LogP contribution in [0.4, 0.5) is 11.4 Å². The Morgan fingerprint density at radius 3 is 2.19 bits per heavy atom. The highest BCUT2D eigenvalue weighted by molar-refractivity contribution is 6.06. The fourth-order valence-corrected chi connectivity index (χ4v) is 4.05. The lowest BCUT2D eigenvalue weighted by Gasteiger charge is -2.30. The molecule has 8 heteroatoms. The highest BCUT2D eigenvalue weighted by Crippen LogP contribution is 2.40. The molecule has 0 radical (unpaired) electrons. The van der Waals surface area contributed by atoms with Gasteiger partial charge in [0.15, 0.2) is 18.1 Å². The molecule has 0 aliphatic carbocycles. The SMILES string of the molecule is CCOc1cc(C(=O)Nc2ccc3c(c2)N(Cc2ccc(C)cc2)C(=O)CO3)cc(OCC)c1OCC. The number of nitrogens with zero attached hydrogens (tertiary/aromatic N) is 1. The van der Waals surface area contributed by atoms with Crippen LogP contribution in [0.1, 0.15) is 42.3 Å². The lowest BCUT2D eigenvalue weighted by molar-refractivity contribution is -0.121. The summed E-state index contributed by atoms with van der Waals surface area (Å²) in [7, 11) is 0. The summed E-state index contributed by atoms with van der Waals surface area (Å²) >= 11 is 0. The highest BCUT2D eigenvalue weighted by atomic mass is 16.5. The molecule has 0 fully saturated rings. The van der Waals surface area contributed by atoms with Gasteiger partial charge in [-0.1, -0.05) is 29.8 Å². The molecule has 4 rings (SSSR count). The molecule has 37 heavy (non-hydrogen) atoms. The van der Waals surface area contributed by atoms with Crippen molar-refractivity contribution in [2.24, 2.45) is 0 Å². The summed E-state index contributed by atoms with van der Waals surface area (Å²) in [5, 5.41) is 2.92. The van der Waals surface area contributed by atoms with Gasteiger partial charge >= 0.3 is 0 Å². The molecule has 1 heterocycles. The van der Waals surface area contributed by atoms with Crippen LogP contribution in [0.3, 0.4) is 0 Å². The molecule has 0 spiro atoms. The van der Waals surface area contributed by atoms with Crippen molar-refractivity contribution in [3.05, 3.63) is 71.3 Å². The van der Waals surface area contributed by atoms with E-state index < -0.39 is 0 Å². The number of hydrogen-bond donors (Lipinski definition) is 1. The van der Waals surface area contributed by atoms with Gasteiger partial charge in [-0.2, -0.15) is 0 Å². The molecule has 3 aromatic carbocycles. The zero-order valence-corrected chi connectivity index (χ0v) is 21.6. The van der Waals surface area contributed by atoms with E-state index in [9.17, 15) is 9.59 Å². The first kappa shape index (κ1) is 25.9. The fraction of sp³-hybridized carbons (Fsp3) is 0.310. The zero-order chi connectivity index (χ0) is 26.4. The molecule has 2 amide bonds. The lowest BCUT2D eigenvalue weighted by Crippen LogP contribution is -2.38. The van der Waals surface area contributed by atoms with E-state index in [0.717, 1.165) is 11.1 Å². The molecule has 8 nitrogen and oxygen atoms in total. The Hall–Kier alpha value is -4.20. The van der Waals surface area contributed by atoms with Gasteiger partial charge in [-0.25, -0.2) is 0 Å². The first-order valence-corrected chi connectivity index (χ1v) is 12.4. The molecule has 0 atom stereocenters. The van der Waals surface area contributed by atoms with Gasteiger partial charge < -0.3 is 29.2 Å². The minimum atomic E-state index is -0.349. The second-order valence-corrected chi connectivity index (χ2v) is 8.49. The van der Waals surface area contributed by atoms with E-state index in [1.165, 1.54) is 0 Å². The highest BCUT2D eigenvalue weighted by Gasteiger charge is 2.26. The first-order chi connectivity index (χ1) is 17.9. The number of nitrogens with one attached hydrogen (secondary N) is 1. The van der Waals surface area contributed by atoms with E-state index in [1.807, 2.05) is 52.0 Å². The molecule has 1 N–H and O–H groups in total. The van der Waals surface area contributed by atoms with E-state index in [4.69, 9.17) is 18.9 Å². The second kappa shape index (κ2) is 11.7. The van der Waals surface area contributed by atoms with Crippen LogP contribution >= 0.6 is 0 Å². The number of hydrogen-bond acceptors (Lipinski definition) is 6. The molecule has 0 saturated carbocycles. The van der Waals surface area contributed by atoms with Gasteiger partial charge in [0, 0.05) is 11.3 Å². The average Bonchev–Trinajstić information content (AvgIpc) is 2.89. The Morgan fingerprint density at radius 2 is 1.57 bits per heavy atom. The van der Waals surface area contributed by atoms with Crippen molar-refractivity contribution in [2.45, 2.75) is 34.2 Å². The Morgan fingerprint density at radius 1 is 0.919 bits per heavy atom. The Balaban J connectivity index is 1.61. The first-order valence-electron chi connectivity index (χ1n) is 12.4. The van der Waals surface area contributed by atoms with Crippen molar-refractivity contribution in [1.82, 2.24) is 0 Å². The second-order valence-electron chi connectivity index (χ2n) is 8.49. The predicted molar refractivity (Wildman–Crippen MR) is 142 cm³/mol. The molecular formula is C29H32N2O6. The zero-order valence-electron chi connectivity index (χ0n) is 21.6. The Labute approximate surface area is 217 Å². The summed E-state index contributed by atoms with van der Waals surface area (Å²) in [6.07, 6.45) is 0. The van der Waals surface area contributed by atoms with Crippen LogP contribution < -0.4 is 29.2 Å². The van der Waals surface area contributed by atoms with Gasteiger partial charge in [-0.05, 0) is 63.6 Å². The van der Waals surface area contributed by atoms with E-state index in [1.54, 1.807) is 35.2 Å². The van der Waals surface area contributed by atoms with Crippen molar-refractivity contribution < 1.29 is 28.5 Å². The average molecular weight is 505 g/mol. The summed E-state index contributed by atoms with van der Waals surface area (Å²) in [4.78, 5) is 27.7. The number of ether oxygens (including phenoxy) is 4.